The van der Waals surface area contributed by atoms with Gasteiger partial charge in [-0.05, 0) is 36.2 Å². The maximum absolute atomic E-state index is 12.1. The molecule has 0 bridgehead atoms. The Bertz CT molecular complexity index is 823. The molecule has 0 aliphatic rings. The van der Waals surface area contributed by atoms with Gasteiger partial charge in [0.05, 0.1) is 11.4 Å². The maximum Gasteiger partial charge on any atom is 0.251 e. The van der Waals surface area contributed by atoms with Crippen molar-refractivity contribution in [3.05, 3.63) is 65.7 Å². The van der Waals surface area contributed by atoms with Crippen molar-refractivity contribution in [1.82, 2.24) is 10.0 Å². The summed E-state index contributed by atoms with van der Waals surface area (Å²) in [5, 5.41) is 2.81. The van der Waals surface area contributed by atoms with Gasteiger partial charge in [0.25, 0.3) is 5.91 Å². The van der Waals surface area contributed by atoms with Gasteiger partial charge in [0.1, 0.15) is 0 Å². The van der Waals surface area contributed by atoms with E-state index in [0.29, 0.717) is 12.1 Å². The fourth-order valence-electron chi connectivity index (χ4n) is 2.07. The van der Waals surface area contributed by atoms with E-state index in [4.69, 9.17) is 6.42 Å². The Balaban J connectivity index is 1.93. The van der Waals surface area contributed by atoms with Crippen LogP contribution in [0, 0.1) is 12.3 Å². The second kappa shape index (κ2) is 8.29. The van der Waals surface area contributed by atoms with Crippen LogP contribution in [0.3, 0.4) is 0 Å². The molecule has 0 heterocycles. The lowest BCUT2D eigenvalue weighted by Crippen LogP contribution is -2.26. The van der Waals surface area contributed by atoms with E-state index in [9.17, 15) is 13.2 Å². The predicted octanol–water partition coefficient (Wildman–Crippen LogP) is 1.57. The van der Waals surface area contributed by atoms with Crippen LogP contribution in [0.25, 0.3) is 0 Å². The number of benzene rings is 2. The van der Waals surface area contributed by atoms with Gasteiger partial charge in [-0.2, -0.15) is 4.72 Å². The van der Waals surface area contributed by atoms with E-state index in [1.807, 2.05) is 30.3 Å². The summed E-state index contributed by atoms with van der Waals surface area (Å²) >= 11 is 0. The summed E-state index contributed by atoms with van der Waals surface area (Å²) in [6, 6.07) is 15.5. The van der Waals surface area contributed by atoms with E-state index in [-0.39, 0.29) is 17.3 Å². The number of carbonyl (C=O) groups is 1. The van der Waals surface area contributed by atoms with E-state index in [1.165, 1.54) is 24.3 Å². The second-order valence-electron chi connectivity index (χ2n) is 5.04. The summed E-state index contributed by atoms with van der Waals surface area (Å²) in [5.74, 6) is 1.96. The summed E-state index contributed by atoms with van der Waals surface area (Å²) in [5.41, 5.74) is 1.54. The number of terminal acetylenes is 1. The van der Waals surface area contributed by atoms with Gasteiger partial charge in [0, 0.05) is 12.1 Å². The van der Waals surface area contributed by atoms with Crippen molar-refractivity contribution in [2.75, 3.05) is 13.1 Å². The molecule has 0 atom stereocenters. The number of carbonyl (C=O) groups excluding carboxylic acids is 1. The predicted molar refractivity (Wildman–Crippen MR) is 92.9 cm³/mol. The van der Waals surface area contributed by atoms with Crippen molar-refractivity contribution in [2.24, 2.45) is 0 Å². The van der Waals surface area contributed by atoms with Crippen LogP contribution in [0.4, 0.5) is 0 Å². The minimum atomic E-state index is -3.64. The third-order valence-corrected chi connectivity index (χ3v) is 4.75. The highest BCUT2D eigenvalue weighted by Crippen LogP contribution is 2.10. The Morgan fingerprint density at radius 1 is 1.04 bits per heavy atom. The van der Waals surface area contributed by atoms with Gasteiger partial charge >= 0.3 is 0 Å². The number of sulfonamides is 1. The Labute approximate surface area is 142 Å². The molecule has 0 radical (unpaired) electrons. The molecule has 2 rings (SSSR count). The molecule has 0 saturated carbocycles. The van der Waals surface area contributed by atoms with Crippen molar-refractivity contribution >= 4 is 15.9 Å². The van der Waals surface area contributed by atoms with Gasteiger partial charge in [0.15, 0.2) is 0 Å². The number of hydrogen-bond acceptors (Lipinski definition) is 3. The monoisotopic (exact) mass is 342 g/mol. The molecule has 0 saturated heterocycles. The molecule has 0 aliphatic carbocycles. The van der Waals surface area contributed by atoms with E-state index in [2.05, 4.69) is 16.0 Å². The summed E-state index contributed by atoms with van der Waals surface area (Å²) in [7, 11) is -3.64. The molecule has 0 fully saturated rings. The zero-order valence-corrected chi connectivity index (χ0v) is 13.8. The molecule has 1 amide bonds. The summed E-state index contributed by atoms with van der Waals surface area (Å²) in [6.07, 6.45) is 5.77. The lowest BCUT2D eigenvalue weighted by atomic mass is 10.1. The van der Waals surface area contributed by atoms with E-state index in [1.54, 1.807) is 0 Å². The topological polar surface area (TPSA) is 75.3 Å². The minimum Gasteiger partial charge on any atom is -0.352 e. The molecule has 2 aromatic rings. The van der Waals surface area contributed by atoms with Crippen molar-refractivity contribution in [3.63, 3.8) is 0 Å². The first-order chi connectivity index (χ1) is 11.5. The molecule has 0 aliphatic heterocycles. The second-order valence-corrected chi connectivity index (χ2v) is 6.81. The van der Waals surface area contributed by atoms with Crippen LogP contribution in [0.5, 0.6) is 0 Å². The van der Waals surface area contributed by atoms with E-state index in [0.717, 1.165) is 12.0 Å². The van der Waals surface area contributed by atoms with Crippen LogP contribution in [-0.4, -0.2) is 27.4 Å². The molecular weight excluding hydrogens is 324 g/mol. The summed E-state index contributed by atoms with van der Waals surface area (Å²) < 4.78 is 26.0. The molecular formula is C18H18N2O3S. The minimum absolute atomic E-state index is 0.0681. The van der Waals surface area contributed by atoms with E-state index >= 15 is 0 Å². The average Bonchev–Trinajstić information content (AvgIpc) is 2.61. The van der Waals surface area contributed by atoms with Crippen LogP contribution >= 0.6 is 0 Å². The Morgan fingerprint density at radius 3 is 2.33 bits per heavy atom. The molecule has 0 aromatic heterocycles. The van der Waals surface area contributed by atoms with Crippen molar-refractivity contribution < 1.29 is 13.2 Å². The Morgan fingerprint density at radius 2 is 1.71 bits per heavy atom. The fourth-order valence-corrected chi connectivity index (χ4v) is 3.01. The van der Waals surface area contributed by atoms with Crippen molar-refractivity contribution in [2.45, 2.75) is 11.3 Å². The Kier molecular flexibility index (Phi) is 6.13. The number of hydrogen-bond donors (Lipinski definition) is 2. The van der Waals surface area contributed by atoms with Gasteiger partial charge in [-0.3, -0.25) is 4.79 Å². The highest BCUT2D eigenvalue weighted by atomic mass is 32.2. The molecule has 5 nitrogen and oxygen atoms in total. The summed E-state index contributed by atoms with van der Waals surface area (Å²) in [6.45, 7) is 0.427. The first kappa shape index (κ1) is 17.7. The van der Waals surface area contributed by atoms with Crippen molar-refractivity contribution in [3.8, 4) is 12.3 Å². The standard InChI is InChI=1S/C18H18N2O3S/c1-2-13-20-24(22,23)17-10-8-16(9-11-17)18(21)19-14-12-15-6-4-3-5-7-15/h1,3-11,20H,12-14H2,(H,19,21). The maximum atomic E-state index is 12.1. The quantitative estimate of drug-likeness (QED) is 0.750. The first-order valence-electron chi connectivity index (χ1n) is 7.38. The molecule has 24 heavy (non-hydrogen) atoms. The fraction of sp³-hybridized carbons (Fsp3) is 0.167. The van der Waals surface area contributed by atoms with E-state index < -0.39 is 10.0 Å². The normalized spacial score (nSPS) is 10.8. The Hall–Kier alpha value is -2.62. The van der Waals surface area contributed by atoms with Crippen LogP contribution < -0.4 is 10.0 Å². The number of amides is 1. The smallest absolute Gasteiger partial charge is 0.251 e. The first-order valence-corrected chi connectivity index (χ1v) is 8.86. The third-order valence-electron chi connectivity index (χ3n) is 3.33. The molecule has 124 valence electrons. The highest BCUT2D eigenvalue weighted by molar-refractivity contribution is 7.89. The van der Waals surface area contributed by atoms with Gasteiger partial charge in [0.2, 0.25) is 10.0 Å². The highest BCUT2D eigenvalue weighted by Gasteiger charge is 2.13. The molecule has 0 spiro atoms. The van der Waals surface area contributed by atoms with Crippen LogP contribution in [-0.2, 0) is 16.4 Å². The average molecular weight is 342 g/mol. The molecule has 2 N–H and O–H groups in total. The van der Waals surface area contributed by atoms with Gasteiger partial charge < -0.3 is 5.32 Å². The zero-order valence-electron chi connectivity index (χ0n) is 13.0. The molecule has 0 unspecified atom stereocenters. The van der Waals surface area contributed by atoms with Crippen molar-refractivity contribution in [1.29, 1.82) is 0 Å². The number of nitrogens with one attached hydrogen (secondary N) is 2. The molecule has 2 aromatic carbocycles. The largest absolute Gasteiger partial charge is 0.352 e. The van der Waals surface area contributed by atoms with Gasteiger partial charge in [-0.25, -0.2) is 8.42 Å². The molecule has 6 heteroatoms. The lowest BCUT2D eigenvalue weighted by molar-refractivity contribution is 0.0954. The SMILES string of the molecule is C#CCNS(=O)(=O)c1ccc(C(=O)NCCc2ccccc2)cc1. The van der Waals surface area contributed by atoms with Crippen LogP contribution in [0.15, 0.2) is 59.5 Å². The van der Waals surface area contributed by atoms with Gasteiger partial charge in [-0.15, -0.1) is 6.42 Å². The van der Waals surface area contributed by atoms with Gasteiger partial charge in [-0.1, -0.05) is 36.3 Å². The lowest BCUT2D eigenvalue weighted by Gasteiger charge is -2.07. The number of rotatable bonds is 7. The van der Waals surface area contributed by atoms with Crippen LogP contribution in [0.2, 0.25) is 0 Å². The third kappa shape index (κ3) is 4.95. The van der Waals surface area contributed by atoms with Crippen LogP contribution in [0.1, 0.15) is 15.9 Å². The summed E-state index contributed by atoms with van der Waals surface area (Å²) in [4.78, 5) is 12.1. The zero-order chi connectivity index (χ0) is 17.4.